The number of halogens is 1. The van der Waals surface area contributed by atoms with Crippen LogP contribution in [0.2, 0.25) is 0 Å². The second kappa shape index (κ2) is 5.90. The van der Waals surface area contributed by atoms with Crippen molar-refractivity contribution in [1.82, 2.24) is 4.98 Å². The van der Waals surface area contributed by atoms with Crippen LogP contribution in [0.5, 0.6) is 11.5 Å². The van der Waals surface area contributed by atoms with Crippen LogP contribution in [0.4, 0.5) is 0 Å². The van der Waals surface area contributed by atoms with Gasteiger partial charge in [0.1, 0.15) is 22.1 Å². The highest BCUT2D eigenvalue weighted by molar-refractivity contribution is 9.10. The molecule has 0 amide bonds. The molecule has 1 N–H and O–H groups in total. The van der Waals surface area contributed by atoms with E-state index in [4.69, 9.17) is 9.47 Å². The Morgan fingerprint density at radius 1 is 1.32 bits per heavy atom. The van der Waals surface area contributed by atoms with E-state index >= 15 is 0 Å². The highest BCUT2D eigenvalue weighted by Gasteiger charge is 2.21. The van der Waals surface area contributed by atoms with Gasteiger partial charge in [-0.15, -0.1) is 11.3 Å². The van der Waals surface area contributed by atoms with Gasteiger partial charge in [-0.05, 0) is 35.0 Å². The van der Waals surface area contributed by atoms with E-state index in [0.29, 0.717) is 21.5 Å². The summed E-state index contributed by atoms with van der Waals surface area (Å²) in [5, 5.41) is 11.4. The van der Waals surface area contributed by atoms with Crippen molar-refractivity contribution in [1.29, 1.82) is 0 Å². The minimum Gasteiger partial charge on any atom is -0.495 e. The number of benzene rings is 1. The molecule has 0 aliphatic heterocycles. The number of hydrogen-bond donors (Lipinski definition) is 1. The van der Waals surface area contributed by atoms with Gasteiger partial charge in [0.15, 0.2) is 0 Å². The van der Waals surface area contributed by atoms with Gasteiger partial charge in [0.2, 0.25) is 0 Å². The van der Waals surface area contributed by atoms with Crippen molar-refractivity contribution < 1.29 is 14.6 Å². The van der Waals surface area contributed by atoms with Crippen LogP contribution in [0.3, 0.4) is 0 Å². The van der Waals surface area contributed by atoms with E-state index in [1.807, 2.05) is 6.92 Å². The van der Waals surface area contributed by atoms with Crippen molar-refractivity contribution in [2.75, 3.05) is 14.2 Å². The Bertz CT molecular complexity index is 585. The van der Waals surface area contributed by atoms with E-state index < -0.39 is 6.10 Å². The second-order valence-electron chi connectivity index (χ2n) is 3.89. The first-order chi connectivity index (χ1) is 9.08. The maximum absolute atomic E-state index is 10.4. The van der Waals surface area contributed by atoms with Gasteiger partial charge in [-0.2, -0.15) is 0 Å². The van der Waals surface area contributed by atoms with Crippen LogP contribution in [0.15, 0.2) is 22.8 Å². The summed E-state index contributed by atoms with van der Waals surface area (Å²) in [6.45, 7) is 1.90. The number of ether oxygens (including phenoxy) is 2. The number of nitrogens with zero attached hydrogens (tertiary/aromatic N) is 1. The average molecular weight is 344 g/mol. The maximum atomic E-state index is 10.4. The molecule has 1 heterocycles. The molecule has 102 valence electrons. The molecule has 1 atom stereocenters. The topological polar surface area (TPSA) is 51.6 Å². The fourth-order valence-electron chi connectivity index (χ4n) is 1.79. The molecule has 0 aliphatic rings. The predicted molar refractivity (Wildman–Crippen MR) is 78.2 cm³/mol. The third kappa shape index (κ3) is 2.75. The van der Waals surface area contributed by atoms with Gasteiger partial charge in [0, 0.05) is 11.8 Å². The van der Waals surface area contributed by atoms with Crippen molar-refractivity contribution in [3.8, 4) is 11.5 Å². The zero-order valence-corrected chi connectivity index (χ0v) is 13.2. The van der Waals surface area contributed by atoms with Crippen LogP contribution in [0.25, 0.3) is 0 Å². The number of hydrogen-bond acceptors (Lipinski definition) is 5. The standard InChI is InChI=1S/C13H14BrNO3S/c1-7-15-6-10(19-7)12(16)8-4-5-9(17-2)11(14)13(8)18-3/h4-6,12,16H,1-3H3. The van der Waals surface area contributed by atoms with Crippen molar-refractivity contribution in [3.05, 3.63) is 38.3 Å². The summed E-state index contributed by atoms with van der Waals surface area (Å²) < 4.78 is 11.3. The quantitative estimate of drug-likeness (QED) is 0.925. The van der Waals surface area contributed by atoms with Crippen LogP contribution in [-0.4, -0.2) is 24.3 Å². The van der Waals surface area contributed by atoms with Gasteiger partial charge in [-0.1, -0.05) is 0 Å². The molecule has 4 nitrogen and oxygen atoms in total. The molecule has 2 rings (SSSR count). The fourth-order valence-corrected chi connectivity index (χ4v) is 3.27. The number of thiazole rings is 1. The molecule has 0 spiro atoms. The summed E-state index contributed by atoms with van der Waals surface area (Å²) in [6, 6.07) is 3.58. The summed E-state index contributed by atoms with van der Waals surface area (Å²) in [5.41, 5.74) is 0.679. The summed E-state index contributed by atoms with van der Waals surface area (Å²) in [7, 11) is 3.15. The van der Waals surface area contributed by atoms with Gasteiger partial charge < -0.3 is 14.6 Å². The van der Waals surface area contributed by atoms with E-state index in [9.17, 15) is 5.11 Å². The lowest BCUT2D eigenvalue weighted by atomic mass is 10.1. The molecule has 0 bridgehead atoms. The average Bonchev–Trinajstić information content (AvgIpc) is 2.84. The monoisotopic (exact) mass is 343 g/mol. The van der Waals surface area contributed by atoms with Crippen LogP contribution >= 0.6 is 27.3 Å². The molecule has 19 heavy (non-hydrogen) atoms. The number of aryl methyl sites for hydroxylation is 1. The Hall–Kier alpha value is -1.11. The van der Waals surface area contributed by atoms with Gasteiger partial charge in [-0.3, -0.25) is 0 Å². The van der Waals surface area contributed by atoms with Crippen LogP contribution < -0.4 is 9.47 Å². The molecule has 0 aliphatic carbocycles. The minimum absolute atomic E-state index is 0.568. The van der Waals surface area contributed by atoms with E-state index in [2.05, 4.69) is 20.9 Å². The molecule has 2 aromatic rings. The second-order valence-corrected chi connectivity index (χ2v) is 5.95. The minimum atomic E-state index is -0.761. The SMILES string of the molecule is COc1ccc(C(O)c2cnc(C)s2)c(OC)c1Br. The van der Waals surface area contributed by atoms with Gasteiger partial charge >= 0.3 is 0 Å². The molecule has 1 unspecified atom stereocenters. The summed E-state index contributed by atoms with van der Waals surface area (Å²) in [6.07, 6.45) is 0.922. The number of rotatable bonds is 4. The van der Waals surface area contributed by atoms with Crippen molar-refractivity contribution in [2.45, 2.75) is 13.0 Å². The summed E-state index contributed by atoms with van der Waals surface area (Å²) in [5.74, 6) is 1.23. The van der Waals surface area contributed by atoms with Crippen molar-refractivity contribution in [3.63, 3.8) is 0 Å². The van der Waals surface area contributed by atoms with Crippen molar-refractivity contribution in [2.24, 2.45) is 0 Å². The largest absolute Gasteiger partial charge is 0.495 e. The van der Waals surface area contributed by atoms with E-state index in [0.717, 1.165) is 9.88 Å². The van der Waals surface area contributed by atoms with Gasteiger partial charge in [-0.25, -0.2) is 4.98 Å². The van der Waals surface area contributed by atoms with Gasteiger partial charge in [0.05, 0.1) is 24.1 Å². The molecule has 0 radical (unpaired) electrons. The Morgan fingerprint density at radius 2 is 2.05 bits per heavy atom. The molecule has 0 saturated heterocycles. The Balaban J connectivity index is 2.47. The molecule has 1 aromatic carbocycles. The Labute approximate surface area is 124 Å². The van der Waals surface area contributed by atoms with Crippen LogP contribution in [0, 0.1) is 6.92 Å². The first-order valence-corrected chi connectivity index (χ1v) is 7.20. The number of methoxy groups -OCH3 is 2. The summed E-state index contributed by atoms with van der Waals surface area (Å²) in [4.78, 5) is 4.94. The van der Waals surface area contributed by atoms with Crippen LogP contribution in [0.1, 0.15) is 21.6 Å². The van der Waals surface area contributed by atoms with E-state index in [1.54, 1.807) is 32.5 Å². The first kappa shape index (κ1) is 14.3. The zero-order valence-electron chi connectivity index (χ0n) is 10.8. The third-order valence-corrected chi connectivity index (χ3v) is 4.44. The molecular formula is C13H14BrNO3S. The first-order valence-electron chi connectivity index (χ1n) is 5.59. The molecule has 0 saturated carbocycles. The molecule has 1 aromatic heterocycles. The Kier molecular flexibility index (Phi) is 4.44. The lowest BCUT2D eigenvalue weighted by Crippen LogP contribution is -2.02. The zero-order chi connectivity index (χ0) is 14.0. The van der Waals surface area contributed by atoms with E-state index in [-0.39, 0.29) is 0 Å². The van der Waals surface area contributed by atoms with Gasteiger partial charge in [0.25, 0.3) is 0 Å². The highest BCUT2D eigenvalue weighted by Crippen LogP contribution is 2.41. The maximum Gasteiger partial charge on any atom is 0.142 e. The number of aliphatic hydroxyl groups is 1. The third-order valence-electron chi connectivity index (χ3n) is 2.72. The lowest BCUT2D eigenvalue weighted by molar-refractivity contribution is 0.217. The predicted octanol–water partition coefficient (Wildman–Crippen LogP) is 3.31. The molecule has 0 fully saturated rings. The number of aliphatic hydroxyl groups excluding tert-OH is 1. The molecular weight excluding hydrogens is 330 g/mol. The Morgan fingerprint density at radius 3 is 2.58 bits per heavy atom. The normalized spacial score (nSPS) is 12.3. The number of aromatic nitrogens is 1. The highest BCUT2D eigenvalue weighted by atomic mass is 79.9. The fraction of sp³-hybridized carbons (Fsp3) is 0.308. The smallest absolute Gasteiger partial charge is 0.142 e. The van der Waals surface area contributed by atoms with Crippen molar-refractivity contribution >= 4 is 27.3 Å². The van der Waals surface area contributed by atoms with Crippen LogP contribution in [-0.2, 0) is 0 Å². The lowest BCUT2D eigenvalue weighted by Gasteiger charge is -2.16. The van der Waals surface area contributed by atoms with E-state index in [1.165, 1.54) is 11.3 Å². The summed E-state index contributed by atoms with van der Waals surface area (Å²) >= 11 is 4.89. The molecule has 6 heteroatoms.